The van der Waals surface area contributed by atoms with Crippen molar-refractivity contribution in [3.05, 3.63) is 0 Å². The SMILES string of the molecule is CCCCCCCCCCCCCCCC(=O)O[C@H](COCOCCCCCCCCCSC(=O)CCC)COP(=O)(O)OC1C(O)[C@H](OP(=O)(O)O)C(O)[C@H](O)[C@@H]1O. The van der Waals surface area contributed by atoms with Crippen LogP contribution in [0.25, 0.3) is 0 Å². The third-order valence-corrected chi connectivity index (χ3v) is 12.4. The molecule has 0 aromatic heterocycles. The Morgan fingerprint density at radius 1 is 0.576 bits per heavy atom. The molecule has 350 valence electrons. The number of aliphatic hydroxyl groups excluding tert-OH is 4. The number of unbranched alkanes of at least 4 members (excludes halogenated alkanes) is 18. The highest BCUT2D eigenvalue weighted by atomic mass is 32.2. The number of ether oxygens (including phenoxy) is 3. The molecule has 1 aliphatic rings. The molecule has 0 aromatic carbocycles. The van der Waals surface area contributed by atoms with Gasteiger partial charge >= 0.3 is 21.6 Å². The molecule has 1 fully saturated rings. The molecular formula is C39H76O17P2S. The van der Waals surface area contributed by atoms with Crippen LogP contribution in [0.4, 0.5) is 0 Å². The van der Waals surface area contributed by atoms with Crippen molar-refractivity contribution in [2.24, 2.45) is 0 Å². The minimum atomic E-state index is -5.34. The van der Waals surface area contributed by atoms with Gasteiger partial charge in [-0.1, -0.05) is 135 Å². The zero-order chi connectivity index (χ0) is 43.9. The van der Waals surface area contributed by atoms with Crippen LogP contribution in [0.1, 0.15) is 162 Å². The second kappa shape index (κ2) is 34.0. The number of phosphoric ester groups is 2. The monoisotopic (exact) mass is 910 g/mol. The van der Waals surface area contributed by atoms with E-state index in [2.05, 4.69) is 11.4 Å². The van der Waals surface area contributed by atoms with Crippen LogP contribution in [0.5, 0.6) is 0 Å². The van der Waals surface area contributed by atoms with E-state index < -0.39 is 70.9 Å². The quantitative estimate of drug-likeness (QED) is 0.0149. The van der Waals surface area contributed by atoms with Gasteiger partial charge < -0.3 is 49.3 Å². The highest BCUT2D eigenvalue weighted by Gasteiger charge is 2.54. The van der Waals surface area contributed by atoms with E-state index in [0.29, 0.717) is 19.4 Å². The number of aliphatic hydroxyl groups is 4. The maximum absolute atomic E-state index is 12.9. The number of hydrogen-bond donors (Lipinski definition) is 7. The van der Waals surface area contributed by atoms with Crippen LogP contribution >= 0.6 is 27.4 Å². The number of esters is 1. The molecule has 0 heterocycles. The molecule has 59 heavy (non-hydrogen) atoms. The fourth-order valence-corrected chi connectivity index (χ4v) is 9.01. The molecule has 0 radical (unpaired) electrons. The lowest BCUT2D eigenvalue weighted by Crippen LogP contribution is -2.64. The summed E-state index contributed by atoms with van der Waals surface area (Å²) in [6.45, 7) is 3.46. The van der Waals surface area contributed by atoms with Crippen molar-refractivity contribution in [2.75, 3.05) is 32.4 Å². The molecule has 0 aliphatic heterocycles. The van der Waals surface area contributed by atoms with Crippen molar-refractivity contribution in [1.82, 2.24) is 0 Å². The number of rotatable bonds is 38. The van der Waals surface area contributed by atoms with E-state index in [0.717, 1.165) is 82.8 Å². The van der Waals surface area contributed by atoms with Crippen LogP contribution in [0, 0.1) is 0 Å². The van der Waals surface area contributed by atoms with Crippen LogP contribution in [-0.2, 0) is 46.5 Å². The molecule has 0 bridgehead atoms. The Morgan fingerprint density at radius 3 is 1.63 bits per heavy atom. The summed E-state index contributed by atoms with van der Waals surface area (Å²) in [5, 5.41) is 41.4. The fourth-order valence-electron chi connectivity index (χ4n) is 6.55. The number of phosphoric acid groups is 2. The van der Waals surface area contributed by atoms with Gasteiger partial charge in [0.1, 0.15) is 49.5 Å². The van der Waals surface area contributed by atoms with Gasteiger partial charge in [0.15, 0.2) is 5.12 Å². The average Bonchev–Trinajstić information content (AvgIpc) is 3.18. The molecule has 7 N–H and O–H groups in total. The first-order valence-electron chi connectivity index (χ1n) is 21.7. The van der Waals surface area contributed by atoms with E-state index in [1.807, 2.05) is 6.92 Å². The summed E-state index contributed by atoms with van der Waals surface area (Å²) in [6.07, 6.45) is 9.05. The van der Waals surface area contributed by atoms with Crippen molar-refractivity contribution < 1.29 is 81.6 Å². The van der Waals surface area contributed by atoms with Crippen molar-refractivity contribution in [2.45, 2.75) is 204 Å². The van der Waals surface area contributed by atoms with Gasteiger partial charge in [-0.15, -0.1) is 0 Å². The van der Waals surface area contributed by atoms with Crippen LogP contribution in [0.3, 0.4) is 0 Å². The van der Waals surface area contributed by atoms with E-state index in [1.165, 1.54) is 63.1 Å². The highest BCUT2D eigenvalue weighted by Crippen LogP contribution is 2.49. The topological polar surface area (TPSA) is 265 Å². The zero-order valence-corrected chi connectivity index (χ0v) is 38.0. The Bertz CT molecular complexity index is 1180. The van der Waals surface area contributed by atoms with Crippen LogP contribution in [-0.4, -0.2) is 121 Å². The molecule has 4 unspecified atom stereocenters. The van der Waals surface area contributed by atoms with Gasteiger partial charge in [-0.05, 0) is 25.7 Å². The van der Waals surface area contributed by atoms with Gasteiger partial charge in [-0.3, -0.25) is 23.2 Å². The van der Waals surface area contributed by atoms with E-state index in [4.69, 9.17) is 33.0 Å². The largest absolute Gasteiger partial charge is 0.472 e. The zero-order valence-electron chi connectivity index (χ0n) is 35.4. The Morgan fingerprint density at radius 2 is 1.08 bits per heavy atom. The lowest BCUT2D eigenvalue weighted by atomic mass is 9.85. The van der Waals surface area contributed by atoms with Crippen LogP contribution in [0.2, 0.25) is 0 Å². The number of thioether (sulfide) groups is 1. The molecule has 0 spiro atoms. The minimum Gasteiger partial charge on any atom is -0.457 e. The van der Waals surface area contributed by atoms with E-state index >= 15 is 0 Å². The van der Waals surface area contributed by atoms with Crippen molar-refractivity contribution in [3.63, 3.8) is 0 Å². The highest BCUT2D eigenvalue weighted by molar-refractivity contribution is 8.13. The normalized spacial score (nSPS) is 22.6. The Balaban J connectivity index is 2.55. The lowest BCUT2D eigenvalue weighted by molar-refractivity contribution is -0.216. The third kappa shape index (κ3) is 28.7. The lowest BCUT2D eigenvalue weighted by Gasteiger charge is -2.43. The van der Waals surface area contributed by atoms with Gasteiger partial charge in [-0.25, -0.2) is 9.13 Å². The molecule has 20 heteroatoms. The van der Waals surface area contributed by atoms with Crippen molar-refractivity contribution in [3.8, 4) is 0 Å². The summed E-state index contributed by atoms with van der Waals surface area (Å²) in [5.74, 6) is 0.285. The molecule has 1 aliphatic carbocycles. The molecule has 0 amide bonds. The summed E-state index contributed by atoms with van der Waals surface area (Å²) in [7, 11) is -10.6. The number of hydrogen-bond acceptors (Lipinski definition) is 15. The van der Waals surface area contributed by atoms with Gasteiger partial charge in [0.2, 0.25) is 0 Å². The second-order valence-electron chi connectivity index (χ2n) is 15.3. The summed E-state index contributed by atoms with van der Waals surface area (Å²) >= 11 is 1.42. The van der Waals surface area contributed by atoms with Crippen LogP contribution < -0.4 is 0 Å². The maximum atomic E-state index is 12.9. The first kappa shape index (κ1) is 56.5. The third-order valence-electron chi connectivity index (χ3n) is 9.89. The average molecular weight is 911 g/mol. The van der Waals surface area contributed by atoms with Crippen molar-refractivity contribution in [1.29, 1.82) is 0 Å². The van der Waals surface area contributed by atoms with Crippen LogP contribution in [0.15, 0.2) is 0 Å². The summed E-state index contributed by atoms with van der Waals surface area (Å²) in [6, 6.07) is 0. The maximum Gasteiger partial charge on any atom is 0.472 e. The molecular weight excluding hydrogens is 834 g/mol. The number of carbonyl (C=O) groups is 2. The minimum absolute atomic E-state index is 0.0945. The number of carbonyl (C=O) groups excluding carboxylic acids is 2. The first-order valence-corrected chi connectivity index (χ1v) is 25.8. The molecule has 0 saturated heterocycles. The Labute approximate surface area is 355 Å². The Hall–Kier alpha value is -0.530. The van der Waals surface area contributed by atoms with Gasteiger partial charge in [0.25, 0.3) is 0 Å². The van der Waals surface area contributed by atoms with Crippen molar-refractivity contribution >= 4 is 38.5 Å². The van der Waals surface area contributed by atoms with Gasteiger partial charge in [-0.2, -0.15) is 0 Å². The second-order valence-corrected chi connectivity index (χ2v) is 19.1. The van der Waals surface area contributed by atoms with Gasteiger partial charge in [0, 0.05) is 25.2 Å². The van der Waals surface area contributed by atoms with Gasteiger partial charge in [0.05, 0.1) is 13.2 Å². The standard InChI is InChI=1S/C39H76O17P2S/c1-3-5-6-7-8-9-10-11-12-13-15-18-21-25-32(40)54-31(28-52-30-51-26-22-19-16-14-17-20-23-27-59-33(41)24-4-2)29-53-58(49,50)56-39-36(44)34(42)35(43)38(37(39)45)55-57(46,47)48/h31,34-39,42-45H,3-30H2,1-2H3,(H,49,50)(H2,46,47,48)/t31-,34+,35?,36+,37?,38-,39?/m1/s1. The predicted molar refractivity (Wildman–Crippen MR) is 223 cm³/mol. The molecule has 8 atom stereocenters. The molecule has 17 nitrogen and oxygen atoms in total. The first-order chi connectivity index (χ1) is 28.1. The molecule has 0 aromatic rings. The molecule has 1 rings (SSSR count). The summed E-state index contributed by atoms with van der Waals surface area (Å²) < 4.78 is 55.0. The summed E-state index contributed by atoms with van der Waals surface area (Å²) in [5.41, 5.74) is 0. The predicted octanol–water partition coefficient (Wildman–Crippen LogP) is 6.60. The summed E-state index contributed by atoms with van der Waals surface area (Å²) in [4.78, 5) is 53.1. The molecule has 1 saturated carbocycles. The smallest absolute Gasteiger partial charge is 0.457 e. The Kier molecular flexibility index (Phi) is 32.5. The van der Waals surface area contributed by atoms with E-state index in [-0.39, 0.29) is 24.9 Å². The van der Waals surface area contributed by atoms with E-state index in [9.17, 15) is 44.0 Å². The fraction of sp³-hybridized carbons (Fsp3) is 0.949. The van der Waals surface area contributed by atoms with E-state index in [1.54, 1.807) is 0 Å².